The van der Waals surface area contributed by atoms with Crippen LogP contribution in [0.15, 0.2) is 0 Å². The van der Waals surface area contributed by atoms with Crippen molar-refractivity contribution in [2.45, 2.75) is 39.3 Å². The van der Waals surface area contributed by atoms with Gasteiger partial charge < -0.3 is 14.8 Å². The summed E-state index contributed by atoms with van der Waals surface area (Å²) in [5, 5.41) is 2.66. The van der Waals surface area contributed by atoms with Gasteiger partial charge in [0.2, 0.25) is 5.91 Å². The first-order chi connectivity index (χ1) is 9.58. The normalized spacial score (nSPS) is 21.6. The minimum atomic E-state index is -4.29. The van der Waals surface area contributed by atoms with Gasteiger partial charge >= 0.3 is 6.16 Å². The quantitative estimate of drug-likeness (QED) is 0.519. The van der Waals surface area contributed by atoms with Crippen LogP contribution in [0.2, 0.25) is 0 Å². The van der Waals surface area contributed by atoms with E-state index in [0.29, 0.717) is 6.42 Å². The molecule has 1 amide bonds. The van der Waals surface area contributed by atoms with Gasteiger partial charge in [-0.2, -0.15) is 8.42 Å². The topological polar surface area (TPSA) is 119 Å². The molecule has 1 rings (SSSR count). The average Bonchev–Trinajstić information content (AvgIpc) is 2.69. The Morgan fingerprint density at radius 2 is 2.10 bits per heavy atom. The Morgan fingerprint density at radius 3 is 2.48 bits per heavy atom. The number of ether oxygens (including phenoxy) is 2. The highest BCUT2D eigenvalue weighted by molar-refractivity contribution is 7.85. The molecule has 0 aliphatic carbocycles. The summed E-state index contributed by atoms with van der Waals surface area (Å²) in [6, 6.07) is -0.552. The van der Waals surface area contributed by atoms with E-state index in [9.17, 15) is 18.0 Å². The summed E-state index contributed by atoms with van der Waals surface area (Å²) in [6.07, 6.45) is -1.23. The number of carbonyl (C=O) groups excluding carboxylic acids is 2. The summed E-state index contributed by atoms with van der Waals surface area (Å²) in [5.74, 6) is -1.56. The lowest BCUT2D eigenvalue weighted by molar-refractivity contribution is -0.120. The van der Waals surface area contributed by atoms with Crippen molar-refractivity contribution < 1.29 is 32.0 Å². The number of carbonyl (C=O) groups is 2. The molecule has 0 aromatic rings. The van der Waals surface area contributed by atoms with Crippen molar-refractivity contribution in [2.24, 2.45) is 11.8 Å². The highest BCUT2D eigenvalue weighted by Gasteiger charge is 2.40. The molecule has 1 aliphatic rings. The highest BCUT2D eigenvalue weighted by Crippen LogP contribution is 2.24. The first-order valence-electron chi connectivity index (χ1n) is 6.64. The minimum absolute atomic E-state index is 0.104. The standard InChI is InChI=1S/C12H21NO7S/c1-7(2)4-10(13-8(3)14)9(6-21(16,17)18)11-5-19-12(15)20-11/h7,9-11H,4-6H2,1-3H3,(H,13,14)(H,16,17,18)/t9?,10?,11-/m0/s1. The monoisotopic (exact) mass is 323 g/mol. The van der Waals surface area contributed by atoms with E-state index in [1.54, 1.807) is 0 Å². The molecule has 122 valence electrons. The van der Waals surface area contributed by atoms with E-state index in [-0.39, 0.29) is 18.4 Å². The third-order valence-electron chi connectivity index (χ3n) is 3.12. The van der Waals surface area contributed by atoms with Crippen molar-refractivity contribution >= 4 is 22.2 Å². The van der Waals surface area contributed by atoms with E-state index < -0.39 is 40.1 Å². The van der Waals surface area contributed by atoms with Gasteiger partial charge in [0.1, 0.15) is 12.7 Å². The molecule has 8 nitrogen and oxygen atoms in total. The molecule has 9 heteroatoms. The Hall–Kier alpha value is -1.35. The Kier molecular flexibility index (Phi) is 5.97. The molecule has 1 heterocycles. The van der Waals surface area contributed by atoms with Crippen LogP contribution in [0.4, 0.5) is 4.79 Å². The smallest absolute Gasteiger partial charge is 0.430 e. The zero-order chi connectivity index (χ0) is 16.2. The fraction of sp³-hybridized carbons (Fsp3) is 0.833. The molecule has 1 fully saturated rings. The third-order valence-corrected chi connectivity index (χ3v) is 3.93. The molecule has 3 atom stereocenters. The molecule has 0 radical (unpaired) electrons. The Bertz CT molecular complexity index is 488. The number of nitrogens with one attached hydrogen (secondary N) is 1. The summed E-state index contributed by atoms with van der Waals surface area (Å²) >= 11 is 0. The molecule has 1 saturated heterocycles. The van der Waals surface area contributed by atoms with Gasteiger partial charge in [0.15, 0.2) is 0 Å². The molecule has 1 aliphatic heterocycles. The molecule has 0 aromatic carbocycles. The van der Waals surface area contributed by atoms with E-state index in [1.165, 1.54) is 6.92 Å². The van der Waals surface area contributed by atoms with Crippen molar-refractivity contribution in [3.63, 3.8) is 0 Å². The van der Waals surface area contributed by atoms with Gasteiger partial charge in [-0.05, 0) is 12.3 Å². The van der Waals surface area contributed by atoms with Gasteiger partial charge in [0, 0.05) is 18.9 Å². The summed E-state index contributed by atoms with van der Waals surface area (Å²) in [6.45, 7) is 5.04. The second-order valence-corrected chi connectivity index (χ2v) is 7.06. The molecule has 2 unspecified atom stereocenters. The molecular formula is C12H21NO7S. The zero-order valence-electron chi connectivity index (χ0n) is 12.2. The lowest BCUT2D eigenvalue weighted by Gasteiger charge is -2.30. The van der Waals surface area contributed by atoms with Crippen LogP contribution in [0, 0.1) is 11.8 Å². The SMILES string of the molecule is CC(=O)NC(CC(C)C)C(CS(=O)(=O)O)[C@@H]1COC(=O)O1. The molecular weight excluding hydrogens is 302 g/mol. The molecule has 0 spiro atoms. The Balaban J connectivity index is 2.98. The maximum Gasteiger partial charge on any atom is 0.508 e. The number of rotatable bonds is 7. The van der Waals surface area contributed by atoms with Crippen LogP contribution in [0.25, 0.3) is 0 Å². The van der Waals surface area contributed by atoms with Crippen LogP contribution in [-0.2, 0) is 24.4 Å². The van der Waals surface area contributed by atoms with E-state index >= 15 is 0 Å². The van der Waals surface area contributed by atoms with E-state index in [1.807, 2.05) is 13.8 Å². The molecule has 0 bridgehead atoms. The van der Waals surface area contributed by atoms with Gasteiger partial charge in [-0.15, -0.1) is 0 Å². The highest BCUT2D eigenvalue weighted by atomic mass is 32.2. The van der Waals surface area contributed by atoms with Crippen LogP contribution in [-0.4, -0.2) is 49.5 Å². The Morgan fingerprint density at radius 1 is 1.48 bits per heavy atom. The van der Waals surface area contributed by atoms with E-state index in [0.717, 1.165) is 0 Å². The van der Waals surface area contributed by atoms with Crippen LogP contribution in [0.3, 0.4) is 0 Å². The van der Waals surface area contributed by atoms with Crippen molar-refractivity contribution in [1.82, 2.24) is 5.32 Å². The number of hydrogen-bond acceptors (Lipinski definition) is 6. The maximum atomic E-state index is 11.3. The zero-order valence-corrected chi connectivity index (χ0v) is 13.1. The second kappa shape index (κ2) is 7.08. The first-order valence-corrected chi connectivity index (χ1v) is 8.25. The minimum Gasteiger partial charge on any atom is -0.430 e. The number of hydrogen-bond donors (Lipinski definition) is 2. The van der Waals surface area contributed by atoms with Crippen molar-refractivity contribution in [3.05, 3.63) is 0 Å². The van der Waals surface area contributed by atoms with Gasteiger partial charge in [0.05, 0.1) is 5.75 Å². The molecule has 0 saturated carbocycles. The van der Waals surface area contributed by atoms with Crippen LogP contribution in [0.1, 0.15) is 27.2 Å². The summed E-state index contributed by atoms with van der Waals surface area (Å²) in [4.78, 5) is 22.4. The second-order valence-electron chi connectivity index (χ2n) is 5.57. The predicted octanol–water partition coefficient (Wildman–Crippen LogP) is 0.577. The van der Waals surface area contributed by atoms with Gasteiger partial charge in [-0.3, -0.25) is 9.35 Å². The molecule has 0 aromatic heterocycles. The van der Waals surface area contributed by atoms with Gasteiger partial charge in [-0.1, -0.05) is 13.8 Å². The van der Waals surface area contributed by atoms with Crippen LogP contribution >= 0.6 is 0 Å². The van der Waals surface area contributed by atoms with Crippen molar-refractivity contribution in [1.29, 1.82) is 0 Å². The van der Waals surface area contributed by atoms with E-state index in [4.69, 9.17) is 9.29 Å². The van der Waals surface area contributed by atoms with E-state index in [2.05, 4.69) is 10.1 Å². The van der Waals surface area contributed by atoms with Gasteiger partial charge in [-0.25, -0.2) is 4.79 Å². The van der Waals surface area contributed by atoms with Gasteiger partial charge in [0.25, 0.3) is 10.1 Å². The number of amides is 1. The van der Waals surface area contributed by atoms with Crippen molar-refractivity contribution in [2.75, 3.05) is 12.4 Å². The largest absolute Gasteiger partial charge is 0.508 e. The first kappa shape index (κ1) is 17.7. The summed E-state index contributed by atoms with van der Waals surface area (Å²) in [5.41, 5.74) is 0. The molecule has 2 N–H and O–H groups in total. The van der Waals surface area contributed by atoms with Crippen LogP contribution < -0.4 is 5.32 Å². The third kappa shape index (κ3) is 6.30. The van der Waals surface area contributed by atoms with Crippen LogP contribution in [0.5, 0.6) is 0 Å². The molecule has 21 heavy (non-hydrogen) atoms. The lowest BCUT2D eigenvalue weighted by Crippen LogP contribution is -2.48. The van der Waals surface area contributed by atoms with Crippen molar-refractivity contribution in [3.8, 4) is 0 Å². The maximum absolute atomic E-state index is 11.3. The summed E-state index contributed by atoms with van der Waals surface area (Å²) < 4.78 is 41.1. The fourth-order valence-corrected chi connectivity index (χ4v) is 3.32. The average molecular weight is 323 g/mol. The predicted molar refractivity (Wildman–Crippen MR) is 73.2 cm³/mol. The fourth-order valence-electron chi connectivity index (χ4n) is 2.39. The summed E-state index contributed by atoms with van der Waals surface area (Å²) in [7, 11) is -4.29. The Labute approximate surface area is 123 Å². The number of cyclic esters (lactones) is 2. The lowest BCUT2D eigenvalue weighted by atomic mass is 9.89.